The lowest BCUT2D eigenvalue weighted by Crippen LogP contribution is -2.28. The molecule has 0 bridgehead atoms. The van der Waals surface area contributed by atoms with Crippen LogP contribution < -0.4 is 5.32 Å². The Morgan fingerprint density at radius 2 is 2.12 bits per heavy atom. The Kier molecular flexibility index (Phi) is 4.76. The van der Waals surface area contributed by atoms with Gasteiger partial charge in [0, 0.05) is 20.3 Å². The van der Waals surface area contributed by atoms with Crippen LogP contribution in [0.1, 0.15) is 39.5 Å². The highest BCUT2D eigenvalue weighted by molar-refractivity contribution is 4.95. The molecule has 3 heteroatoms. The molecule has 0 radical (unpaired) electrons. The van der Waals surface area contributed by atoms with E-state index in [4.69, 9.17) is 10.00 Å². The van der Waals surface area contributed by atoms with E-state index in [9.17, 15) is 0 Å². The first-order valence-electron chi connectivity index (χ1n) is 6.15. The molecule has 0 aliphatic heterocycles. The summed E-state index contributed by atoms with van der Waals surface area (Å²) in [4.78, 5) is 0. The second-order valence-electron chi connectivity index (χ2n) is 5.67. The molecule has 0 heterocycles. The molecule has 0 aromatic carbocycles. The van der Waals surface area contributed by atoms with E-state index in [0.29, 0.717) is 5.41 Å². The van der Waals surface area contributed by atoms with Gasteiger partial charge in [-0.1, -0.05) is 0 Å². The van der Waals surface area contributed by atoms with Crippen LogP contribution in [0.25, 0.3) is 0 Å². The topological polar surface area (TPSA) is 45.0 Å². The third-order valence-electron chi connectivity index (χ3n) is 3.52. The number of nitriles is 1. The lowest BCUT2D eigenvalue weighted by molar-refractivity contribution is 0.171. The Balaban J connectivity index is 2.10. The molecule has 0 unspecified atom stereocenters. The van der Waals surface area contributed by atoms with Crippen LogP contribution in [0, 0.1) is 22.2 Å². The van der Waals surface area contributed by atoms with Crippen molar-refractivity contribution in [3.05, 3.63) is 0 Å². The molecule has 0 spiro atoms. The lowest BCUT2D eigenvalue weighted by atomic mass is 9.91. The van der Waals surface area contributed by atoms with Gasteiger partial charge in [0.1, 0.15) is 0 Å². The van der Waals surface area contributed by atoms with Gasteiger partial charge in [-0.05, 0) is 51.5 Å². The van der Waals surface area contributed by atoms with Gasteiger partial charge in [0.2, 0.25) is 0 Å². The molecule has 1 aliphatic carbocycles. The minimum Gasteiger partial charge on any atom is -0.385 e. The molecular formula is C13H24N2O. The summed E-state index contributed by atoms with van der Waals surface area (Å²) in [6, 6.07) is 2.33. The summed E-state index contributed by atoms with van der Waals surface area (Å²) in [5.74, 6) is 0. The van der Waals surface area contributed by atoms with Crippen LogP contribution >= 0.6 is 0 Å². The van der Waals surface area contributed by atoms with Crippen molar-refractivity contribution in [3.63, 3.8) is 0 Å². The van der Waals surface area contributed by atoms with E-state index in [1.54, 1.807) is 7.11 Å². The molecule has 0 aromatic heterocycles. The largest absolute Gasteiger partial charge is 0.385 e. The van der Waals surface area contributed by atoms with E-state index < -0.39 is 0 Å². The minimum absolute atomic E-state index is 0.198. The van der Waals surface area contributed by atoms with Crippen LogP contribution in [-0.4, -0.2) is 26.8 Å². The van der Waals surface area contributed by atoms with Crippen molar-refractivity contribution in [2.75, 3.05) is 26.8 Å². The van der Waals surface area contributed by atoms with Gasteiger partial charge in [-0.15, -0.1) is 0 Å². The van der Waals surface area contributed by atoms with E-state index in [1.807, 2.05) is 13.8 Å². The standard InChI is InChI=1S/C13H24N2O/c1-12(2,10-14)6-8-15-11-13(4-5-13)7-9-16-3/h15H,4-9,11H2,1-3H3. The Morgan fingerprint density at radius 1 is 1.44 bits per heavy atom. The van der Waals surface area contributed by atoms with Crippen LogP contribution in [-0.2, 0) is 4.74 Å². The summed E-state index contributed by atoms with van der Waals surface area (Å²) in [7, 11) is 1.76. The van der Waals surface area contributed by atoms with E-state index in [2.05, 4.69) is 11.4 Å². The normalized spacial score (nSPS) is 18.1. The van der Waals surface area contributed by atoms with Gasteiger partial charge >= 0.3 is 0 Å². The molecule has 1 aliphatic rings. The van der Waals surface area contributed by atoms with Gasteiger partial charge in [0.15, 0.2) is 0 Å². The predicted molar refractivity (Wildman–Crippen MR) is 65.0 cm³/mol. The maximum Gasteiger partial charge on any atom is 0.0684 e. The van der Waals surface area contributed by atoms with Crippen LogP contribution in [0.5, 0.6) is 0 Å². The average Bonchev–Trinajstić information content (AvgIpc) is 3.03. The van der Waals surface area contributed by atoms with Crippen LogP contribution in [0.2, 0.25) is 0 Å². The monoisotopic (exact) mass is 224 g/mol. The van der Waals surface area contributed by atoms with Gasteiger partial charge in [0.25, 0.3) is 0 Å². The molecule has 0 atom stereocenters. The number of hydrogen-bond acceptors (Lipinski definition) is 3. The average molecular weight is 224 g/mol. The molecule has 0 saturated heterocycles. The zero-order chi connectivity index (χ0) is 12.1. The quantitative estimate of drug-likeness (QED) is 0.644. The Labute approximate surface area is 99.2 Å². The maximum atomic E-state index is 8.89. The van der Waals surface area contributed by atoms with E-state index in [-0.39, 0.29) is 5.41 Å². The third-order valence-corrected chi connectivity index (χ3v) is 3.52. The number of rotatable bonds is 8. The Morgan fingerprint density at radius 3 is 2.62 bits per heavy atom. The van der Waals surface area contributed by atoms with Crippen molar-refractivity contribution < 1.29 is 4.74 Å². The first kappa shape index (κ1) is 13.5. The summed E-state index contributed by atoms with van der Waals surface area (Å²) < 4.78 is 5.12. The molecule has 1 rings (SSSR count). The van der Waals surface area contributed by atoms with Gasteiger partial charge in [-0.3, -0.25) is 0 Å². The van der Waals surface area contributed by atoms with Crippen molar-refractivity contribution in [3.8, 4) is 6.07 Å². The number of hydrogen-bond donors (Lipinski definition) is 1. The number of ether oxygens (including phenoxy) is 1. The van der Waals surface area contributed by atoms with E-state index in [0.717, 1.165) is 32.5 Å². The second-order valence-corrected chi connectivity index (χ2v) is 5.67. The SMILES string of the molecule is COCCC1(CNCCC(C)(C)C#N)CC1. The Hall–Kier alpha value is -0.590. The number of nitrogens with one attached hydrogen (secondary N) is 1. The predicted octanol–water partition coefficient (Wildman–Crippen LogP) is 2.33. The van der Waals surface area contributed by atoms with Crippen LogP contribution in [0.15, 0.2) is 0 Å². The highest BCUT2D eigenvalue weighted by Crippen LogP contribution is 2.48. The summed E-state index contributed by atoms with van der Waals surface area (Å²) in [6.45, 7) is 6.87. The van der Waals surface area contributed by atoms with Gasteiger partial charge in [-0.2, -0.15) is 5.26 Å². The zero-order valence-electron chi connectivity index (χ0n) is 10.8. The third kappa shape index (κ3) is 4.51. The van der Waals surface area contributed by atoms with E-state index >= 15 is 0 Å². The lowest BCUT2D eigenvalue weighted by Gasteiger charge is -2.18. The summed E-state index contributed by atoms with van der Waals surface area (Å²) >= 11 is 0. The first-order chi connectivity index (χ1) is 7.54. The smallest absolute Gasteiger partial charge is 0.0684 e. The summed E-state index contributed by atoms with van der Waals surface area (Å²) in [6.07, 6.45) is 4.73. The fraction of sp³-hybridized carbons (Fsp3) is 0.923. The molecule has 0 aromatic rings. The molecule has 0 amide bonds. The number of nitrogens with zero attached hydrogens (tertiary/aromatic N) is 1. The van der Waals surface area contributed by atoms with Gasteiger partial charge < -0.3 is 10.1 Å². The highest BCUT2D eigenvalue weighted by atomic mass is 16.5. The second kappa shape index (κ2) is 5.65. The molecule has 3 nitrogen and oxygen atoms in total. The maximum absolute atomic E-state index is 8.89. The van der Waals surface area contributed by atoms with Crippen LogP contribution in [0.3, 0.4) is 0 Å². The zero-order valence-corrected chi connectivity index (χ0v) is 10.8. The molecule has 1 fully saturated rings. The minimum atomic E-state index is -0.198. The molecular weight excluding hydrogens is 200 g/mol. The number of methoxy groups -OCH3 is 1. The Bertz CT molecular complexity index is 251. The van der Waals surface area contributed by atoms with Crippen molar-refractivity contribution in [2.45, 2.75) is 39.5 Å². The first-order valence-corrected chi connectivity index (χ1v) is 6.15. The highest BCUT2D eigenvalue weighted by Gasteiger charge is 2.41. The van der Waals surface area contributed by atoms with Crippen molar-refractivity contribution in [1.82, 2.24) is 5.32 Å². The molecule has 92 valence electrons. The fourth-order valence-corrected chi connectivity index (χ4v) is 1.82. The van der Waals surface area contributed by atoms with E-state index in [1.165, 1.54) is 12.8 Å². The molecule has 16 heavy (non-hydrogen) atoms. The fourth-order valence-electron chi connectivity index (χ4n) is 1.82. The van der Waals surface area contributed by atoms with Gasteiger partial charge in [0.05, 0.1) is 11.5 Å². The summed E-state index contributed by atoms with van der Waals surface area (Å²) in [5, 5.41) is 12.4. The van der Waals surface area contributed by atoms with Crippen molar-refractivity contribution in [2.24, 2.45) is 10.8 Å². The summed E-state index contributed by atoms with van der Waals surface area (Å²) in [5.41, 5.74) is 0.309. The van der Waals surface area contributed by atoms with Crippen molar-refractivity contribution >= 4 is 0 Å². The molecule has 1 N–H and O–H groups in total. The van der Waals surface area contributed by atoms with Crippen molar-refractivity contribution in [1.29, 1.82) is 5.26 Å². The van der Waals surface area contributed by atoms with Crippen LogP contribution in [0.4, 0.5) is 0 Å². The molecule has 1 saturated carbocycles. The van der Waals surface area contributed by atoms with Gasteiger partial charge in [-0.25, -0.2) is 0 Å².